The fraction of sp³-hybridized carbons (Fsp3) is 0.750. The molecule has 1 aliphatic rings. The van der Waals surface area contributed by atoms with Crippen molar-refractivity contribution in [2.75, 3.05) is 13.1 Å². The van der Waals surface area contributed by atoms with Gasteiger partial charge < -0.3 is 26.8 Å². The number of primary amides is 2. The Morgan fingerprint density at radius 2 is 1.67 bits per heavy atom. The summed E-state index contributed by atoms with van der Waals surface area (Å²) in [6, 6.07) is -1.23. The molecule has 1 heterocycles. The van der Waals surface area contributed by atoms with Crippen LogP contribution in [0.1, 0.15) is 39.5 Å². The molecule has 1 saturated heterocycles. The summed E-state index contributed by atoms with van der Waals surface area (Å²) in [5.41, 5.74) is 7.11. The first-order valence-electron chi connectivity index (χ1n) is 8.56. The number of piperidine rings is 1. The summed E-state index contributed by atoms with van der Waals surface area (Å²) in [4.78, 5) is 47.8. The summed E-state index contributed by atoms with van der Waals surface area (Å²) >= 11 is 0. The van der Waals surface area contributed by atoms with Crippen molar-refractivity contribution in [3.8, 4) is 0 Å². The lowest BCUT2D eigenvalue weighted by Crippen LogP contribution is -2.62. The molecule has 0 saturated carbocycles. The number of aliphatic hydroxyl groups is 1. The van der Waals surface area contributed by atoms with E-state index in [2.05, 4.69) is 11.1 Å². The Kier molecular flexibility index (Phi) is 7.24. The zero-order chi connectivity index (χ0) is 21.0. The Bertz CT molecular complexity index is 604. The minimum absolute atomic E-state index is 0.0235. The third-order valence-electron chi connectivity index (χ3n) is 4.43. The van der Waals surface area contributed by atoms with Gasteiger partial charge in [0, 0.05) is 32.4 Å². The van der Waals surface area contributed by atoms with Gasteiger partial charge in [0.25, 0.3) is 5.91 Å². The summed E-state index contributed by atoms with van der Waals surface area (Å²) in [5.74, 6) is -7.99. The van der Waals surface area contributed by atoms with Gasteiger partial charge in [0.2, 0.25) is 17.7 Å². The predicted molar refractivity (Wildman–Crippen MR) is 90.1 cm³/mol. The van der Waals surface area contributed by atoms with Crippen molar-refractivity contribution in [1.82, 2.24) is 10.2 Å². The molecule has 6 N–H and O–H groups in total. The molecule has 0 aliphatic carbocycles. The molecule has 0 radical (unpaired) electrons. The van der Waals surface area contributed by atoms with E-state index < -0.39 is 60.5 Å². The van der Waals surface area contributed by atoms with Crippen LogP contribution < -0.4 is 16.8 Å². The molecule has 154 valence electrons. The molecule has 11 heteroatoms. The molecule has 27 heavy (non-hydrogen) atoms. The molecular weight excluding hydrogens is 366 g/mol. The molecule has 1 fully saturated rings. The fourth-order valence-electron chi connectivity index (χ4n) is 2.89. The Balaban J connectivity index is 2.82. The number of nitrogens with zero attached hydrogens (tertiary/aromatic N) is 1. The van der Waals surface area contributed by atoms with Crippen molar-refractivity contribution in [3.05, 3.63) is 0 Å². The lowest BCUT2D eigenvalue weighted by Gasteiger charge is -2.41. The number of halogens is 2. The van der Waals surface area contributed by atoms with Crippen LogP contribution >= 0.6 is 0 Å². The number of hydrogen-bond acceptors (Lipinski definition) is 5. The van der Waals surface area contributed by atoms with E-state index in [1.807, 2.05) is 0 Å². The van der Waals surface area contributed by atoms with E-state index in [4.69, 9.17) is 5.73 Å². The van der Waals surface area contributed by atoms with Crippen LogP contribution in [0.5, 0.6) is 0 Å². The second kappa shape index (κ2) is 8.59. The molecule has 1 unspecified atom stereocenters. The lowest BCUT2D eigenvalue weighted by molar-refractivity contribution is -0.202. The van der Waals surface area contributed by atoms with Gasteiger partial charge in [-0.1, -0.05) is 13.8 Å². The number of nitrogens with two attached hydrogens (primary N) is 2. The standard InChI is InChI=1S/C16H26F2N4O5/c1-9(2)7-12(24)21-10(8-11(19)23)13(25)22-5-3-15(27,4-6-22)16(17,18)14(20)26/h9-10,27H,3-8H2,1-2H3,(H2,19,23)(H2,20,26)(H,21,24). The van der Waals surface area contributed by atoms with E-state index >= 15 is 0 Å². The summed E-state index contributed by atoms with van der Waals surface area (Å²) in [6.45, 7) is 3.00. The highest BCUT2D eigenvalue weighted by Gasteiger charge is 2.58. The number of rotatable bonds is 8. The number of alkyl halides is 2. The number of carbonyl (C=O) groups is 4. The van der Waals surface area contributed by atoms with E-state index in [0.717, 1.165) is 4.90 Å². The largest absolute Gasteiger partial charge is 0.383 e. The Labute approximate surface area is 155 Å². The molecule has 4 amide bonds. The van der Waals surface area contributed by atoms with E-state index in [9.17, 15) is 33.1 Å². The quantitative estimate of drug-likeness (QED) is 0.411. The first kappa shape index (κ1) is 22.7. The van der Waals surface area contributed by atoms with Gasteiger partial charge in [-0.3, -0.25) is 19.2 Å². The lowest BCUT2D eigenvalue weighted by atomic mass is 9.84. The van der Waals surface area contributed by atoms with E-state index in [0.29, 0.717) is 0 Å². The summed E-state index contributed by atoms with van der Waals surface area (Å²) in [5, 5.41) is 12.5. The zero-order valence-corrected chi connectivity index (χ0v) is 15.3. The van der Waals surface area contributed by atoms with Crippen LogP contribution in [0.4, 0.5) is 8.78 Å². The highest BCUT2D eigenvalue weighted by Crippen LogP contribution is 2.37. The first-order chi connectivity index (χ1) is 12.3. The number of amides is 4. The predicted octanol–water partition coefficient (Wildman–Crippen LogP) is -1.13. The van der Waals surface area contributed by atoms with E-state index in [1.54, 1.807) is 13.8 Å². The molecule has 0 spiro atoms. The third-order valence-corrected chi connectivity index (χ3v) is 4.43. The molecular formula is C16H26F2N4O5. The maximum atomic E-state index is 13.8. The minimum atomic E-state index is -4.14. The van der Waals surface area contributed by atoms with Crippen molar-refractivity contribution in [1.29, 1.82) is 0 Å². The van der Waals surface area contributed by atoms with E-state index in [-0.39, 0.29) is 25.4 Å². The second-order valence-corrected chi connectivity index (χ2v) is 7.18. The second-order valence-electron chi connectivity index (χ2n) is 7.18. The molecule has 0 bridgehead atoms. The van der Waals surface area contributed by atoms with Gasteiger partial charge in [0.1, 0.15) is 11.6 Å². The van der Waals surface area contributed by atoms with Gasteiger partial charge in [-0.25, -0.2) is 0 Å². The van der Waals surface area contributed by atoms with Crippen molar-refractivity contribution in [3.63, 3.8) is 0 Å². The number of likely N-dealkylation sites (tertiary alicyclic amines) is 1. The van der Waals surface area contributed by atoms with Gasteiger partial charge in [-0.05, 0) is 5.92 Å². The Morgan fingerprint density at radius 1 is 1.15 bits per heavy atom. The van der Waals surface area contributed by atoms with Gasteiger partial charge in [0.05, 0.1) is 6.42 Å². The van der Waals surface area contributed by atoms with Crippen molar-refractivity contribution in [2.24, 2.45) is 17.4 Å². The summed E-state index contributed by atoms with van der Waals surface area (Å²) in [7, 11) is 0. The first-order valence-corrected chi connectivity index (χ1v) is 8.56. The van der Waals surface area contributed by atoms with Crippen LogP contribution in [-0.4, -0.2) is 64.3 Å². The molecule has 9 nitrogen and oxygen atoms in total. The maximum Gasteiger partial charge on any atom is 0.352 e. The van der Waals surface area contributed by atoms with Crippen LogP contribution in [-0.2, 0) is 19.2 Å². The molecule has 1 aliphatic heterocycles. The van der Waals surface area contributed by atoms with Gasteiger partial charge in [-0.2, -0.15) is 8.78 Å². The monoisotopic (exact) mass is 392 g/mol. The average molecular weight is 392 g/mol. The molecule has 0 aromatic heterocycles. The normalized spacial score (nSPS) is 18.1. The van der Waals surface area contributed by atoms with Crippen LogP contribution in [0.2, 0.25) is 0 Å². The highest BCUT2D eigenvalue weighted by molar-refractivity contribution is 5.92. The molecule has 0 aromatic carbocycles. The number of nitrogens with one attached hydrogen (secondary N) is 1. The molecule has 1 rings (SSSR count). The molecule has 1 atom stereocenters. The zero-order valence-electron chi connectivity index (χ0n) is 15.3. The van der Waals surface area contributed by atoms with Crippen LogP contribution in [0.15, 0.2) is 0 Å². The topological polar surface area (TPSA) is 156 Å². The van der Waals surface area contributed by atoms with Crippen molar-refractivity contribution >= 4 is 23.6 Å². The Morgan fingerprint density at radius 3 is 2.07 bits per heavy atom. The SMILES string of the molecule is CC(C)CC(=O)NC(CC(N)=O)C(=O)N1CCC(O)(C(F)(F)C(N)=O)CC1. The Hall–Kier alpha value is -2.30. The fourth-order valence-corrected chi connectivity index (χ4v) is 2.89. The minimum Gasteiger partial charge on any atom is -0.383 e. The third kappa shape index (κ3) is 5.59. The van der Waals surface area contributed by atoms with Crippen molar-refractivity contribution < 1.29 is 33.1 Å². The van der Waals surface area contributed by atoms with Crippen LogP contribution in [0, 0.1) is 5.92 Å². The summed E-state index contributed by atoms with van der Waals surface area (Å²) in [6.07, 6.45) is -1.48. The van der Waals surface area contributed by atoms with Crippen molar-refractivity contribution in [2.45, 2.75) is 57.1 Å². The molecule has 0 aromatic rings. The van der Waals surface area contributed by atoms with E-state index in [1.165, 1.54) is 0 Å². The maximum absolute atomic E-state index is 13.8. The number of carbonyl (C=O) groups excluding carboxylic acids is 4. The van der Waals surface area contributed by atoms with Gasteiger partial charge in [-0.15, -0.1) is 0 Å². The average Bonchev–Trinajstić information content (AvgIpc) is 2.52. The highest BCUT2D eigenvalue weighted by atomic mass is 19.3. The van der Waals surface area contributed by atoms with Crippen LogP contribution in [0.3, 0.4) is 0 Å². The van der Waals surface area contributed by atoms with Crippen LogP contribution in [0.25, 0.3) is 0 Å². The van der Waals surface area contributed by atoms with Gasteiger partial charge >= 0.3 is 5.92 Å². The summed E-state index contributed by atoms with van der Waals surface area (Å²) < 4.78 is 27.6. The van der Waals surface area contributed by atoms with Gasteiger partial charge in [0.15, 0.2) is 0 Å². The smallest absolute Gasteiger partial charge is 0.352 e. The number of hydrogen-bond donors (Lipinski definition) is 4.